The zero-order valence-electron chi connectivity index (χ0n) is 9.87. The first-order valence-corrected chi connectivity index (χ1v) is 5.79. The van der Waals surface area contributed by atoms with Crippen LogP contribution < -0.4 is 0 Å². The van der Waals surface area contributed by atoms with Crippen LogP contribution in [0, 0.1) is 5.92 Å². The highest BCUT2D eigenvalue weighted by atomic mass is 19.2. The predicted octanol–water partition coefficient (Wildman–Crippen LogP) is 5.07. The highest BCUT2D eigenvalue weighted by Gasteiger charge is 2.19. The van der Waals surface area contributed by atoms with E-state index in [4.69, 9.17) is 0 Å². The van der Waals surface area contributed by atoms with Gasteiger partial charge in [0, 0.05) is 0 Å². The maximum atomic E-state index is 13.7. The van der Waals surface area contributed by atoms with E-state index in [1.165, 1.54) is 0 Å². The van der Waals surface area contributed by atoms with Crippen molar-refractivity contribution in [2.24, 2.45) is 5.92 Å². The molecule has 1 saturated carbocycles. The molecule has 0 nitrogen and oxygen atoms in total. The SMILES string of the molecule is CC/C(C)=C(F)\C(F)=C1/CCCC(C)C1. The normalized spacial score (nSPS) is 27.4. The van der Waals surface area contributed by atoms with E-state index in [1.54, 1.807) is 6.92 Å². The van der Waals surface area contributed by atoms with Crippen LogP contribution in [0.25, 0.3) is 0 Å². The molecule has 1 fully saturated rings. The molecule has 1 unspecified atom stereocenters. The highest BCUT2D eigenvalue weighted by molar-refractivity contribution is 5.29. The first-order chi connectivity index (χ1) is 7.06. The van der Waals surface area contributed by atoms with Crippen LogP contribution >= 0.6 is 0 Å². The third-order valence-corrected chi connectivity index (χ3v) is 3.18. The fourth-order valence-electron chi connectivity index (χ4n) is 1.99. The summed E-state index contributed by atoms with van der Waals surface area (Å²) in [4.78, 5) is 0. The van der Waals surface area contributed by atoms with Gasteiger partial charge in [0.1, 0.15) is 0 Å². The maximum Gasteiger partial charge on any atom is 0.157 e. The van der Waals surface area contributed by atoms with Gasteiger partial charge in [0.2, 0.25) is 0 Å². The molecule has 0 bridgehead atoms. The van der Waals surface area contributed by atoms with Crippen molar-refractivity contribution in [1.29, 1.82) is 0 Å². The molecule has 0 spiro atoms. The summed E-state index contributed by atoms with van der Waals surface area (Å²) in [6.07, 6.45) is 4.14. The molecule has 0 amide bonds. The summed E-state index contributed by atoms with van der Waals surface area (Å²) in [5.41, 5.74) is 1.19. The van der Waals surface area contributed by atoms with E-state index < -0.39 is 11.7 Å². The summed E-state index contributed by atoms with van der Waals surface area (Å²) in [6, 6.07) is 0. The van der Waals surface area contributed by atoms with Crippen molar-refractivity contribution in [3.05, 3.63) is 22.8 Å². The maximum absolute atomic E-state index is 13.7. The minimum atomic E-state index is -0.624. The fraction of sp³-hybridized carbons (Fsp3) is 0.692. The molecule has 1 rings (SSSR count). The van der Waals surface area contributed by atoms with Crippen LogP contribution in [-0.4, -0.2) is 0 Å². The third-order valence-electron chi connectivity index (χ3n) is 3.18. The van der Waals surface area contributed by atoms with Crippen LogP contribution in [0.4, 0.5) is 8.78 Å². The van der Waals surface area contributed by atoms with Crippen LogP contribution in [0.15, 0.2) is 22.8 Å². The number of rotatable bonds is 2. The molecule has 0 heterocycles. The van der Waals surface area contributed by atoms with E-state index in [1.807, 2.05) is 6.92 Å². The summed E-state index contributed by atoms with van der Waals surface area (Å²) < 4.78 is 27.3. The van der Waals surface area contributed by atoms with E-state index in [-0.39, 0.29) is 0 Å². The van der Waals surface area contributed by atoms with Gasteiger partial charge in [-0.05, 0) is 49.7 Å². The highest BCUT2D eigenvalue weighted by Crippen LogP contribution is 2.34. The molecule has 0 radical (unpaired) electrons. The molecular formula is C13H20F2. The summed E-state index contributed by atoms with van der Waals surface area (Å²) in [5, 5.41) is 0. The Bertz CT molecular complexity index is 287. The van der Waals surface area contributed by atoms with Gasteiger partial charge in [-0.15, -0.1) is 0 Å². The Kier molecular flexibility index (Phi) is 4.49. The van der Waals surface area contributed by atoms with Gasteiger partial charge in [0.15, 0.2) is 11.7 Å². The van der Waals surface area contributed by atoms with Crippen molar-refractivity contribution in [3.63, 3.8) is 0 Å². The Balaban J connectivity index is 2.89. The molecule has 1 aliphatic rings. The third kappa shape index (κ3) is 3.15. The fourth-order valence-corrected chi connectivity index (χ4v) is 1.99. The molecule has 86 valence electrons. The standard InChI is InChI=1S/C13H20F2/c1-4-10(3)12(14)13(15)11-7-5-6-9(2)8-11/h9H,4-8H2,1-3H3/b12-10+,13-11-. The van der Waals surface area contributed by atoms with Crippen molar-refractivity contribution in [2.75, 3.05) is 0 Å². The monoisotopic (exact) mass is 214 g/mol. The molecule has 1 aliphatic carbocycles. The number of allylic oxidation sites excluding steroid dienone is 4. The second-order valence-electron chi connectivity index (χ2n) is 4.57. The van der Waals surface area contributed by atoms with Crippen molar-refractivity contribution in [1.82, 2.24) is 0 Å². The van der Waals surface area contributed by atoms with Gasteiger partial charge in [-0.2, -0.15) is 0 Å². The predicted molar refractivity (Wildman–Crippen MR) is 59.9 cm³/mol. The molecule has 0 N–H and O–H groups in total. The van der Waals surface area contributed by atoms with Crippen molar-refractivity contribution in [2.45, 2.75) is 52.9 Å². The van der Waals surface area contributed by atoms with Crippen LogP contribution in [0.1, 0.15) is 52.9 Å². The molecule has 0 aliphatic heterocycles. The largest absolute Gasteiger partial charge is 0.204 e. The summed E-state index contributed by atoms with van der Waals surface area (Å²) in [5.74, 6) is -0.711. The van der Waals surface area contributed by atoms with E-state index in [2.05, 4.69) is 6.92 Å². The topological polar surface area (TPSA) is 0 Å². The first kappa shape index (κ1) is 12.4. The van der Waals surface area contributed by atoms with Crippen LogP contribution in [0.5, 0.6) is 0 Å². The van der Waals surface area contributed by atoms with Gasteiger partial charge in [-0.25, -0.2) is 8.78 Å². The van der Waals surface area contributed by atoms with Crippen molar-refractivity contribution in [3.8, 4) is 0 Å². The molecule has 0 saturated heterocycles. The number of hydrogen-bond acceptors (Lipinski definition) is 0. The zero-order chi connectivity index (χ0) is 11.4. The van der Waals surface area contributed by atoms with E-state index in [9.17, 15) is 8.78 Å². The molecule has 15 heavy (non-hydrogen) atoms. The molecule has 0 aromatic rings. The van der Waals surface area contributed by atoms with Gasteiger partial charge < -0.3 is 0 Å². The van der Waals surface area contributed by atoms with Crippen LogP contribution in [0.2, 0.25) is 0 Å². The Morgan fingerprint density at radius 3 is 2.60 bits per heavy atom. The Morgan fingerprint density at radius 2 is 2.07 bits per heavy atom. The molecule has 2 heteroatoms. The molecule has 1 atom stereocenters. The minimum absolute atomic E-state index is 0.495. The first-order valence-electron chi connectivity index (χ1n) is 5.79. The Hall–Kier alpha value is -0.660. The average Bonchev–Trinajstić information content (AvgIpc) is 2.26. The lowest BCUT2D eigenvalue weighted by molar-refractivity contribution is 0.428. The summed E-state index contributed by atoms with van der Waals surface area (Å²) >= 11 is 0. The van der Waals surface area contributed by atoms with Crippen molar-refractivity contribution < 1.29 is 8.78 Å². The summed E-state index contributed by atoms with van der Waals surface area (Å²) in [7, 11) is 0. The Labute approximate surface area is 91.1 Å². The van der Waals surface area contributed by atoms with E-state index >= 15 is 0 Å². The molecule has 0 aromatic carbocycles. The lowest BCUT2D eigenvalue weighted by Crippen LogP contribution is -2.06. The van der Waals surface area contributed by atoms with E-state index in [0.29, 0.717) is 23.5 Å². The minimum Gasteiger partial charge on any atom is -0.204 e. The van der Waals surface area contributed by atoms with Gasteiger partial charge in [-0.1, -0.05) is 20.3 Å². The van der Waals surface area contributed by atoms with Gasteiger partial charge >= 0.3 is 0 Å². The van der Waals surface area contributed by atoms with Crippen molar-refractivity contribution >= 4 is 0 Å². The second-order valence-corrected chi connectivity index (χ2v) is 4.57. The molecule has 0 aromatic heterocycles. The van der Waals surface area contributed by atoms with Gasteiger partial charge in [-0.3, -0.25) is 0 Å². The van der Waals surface area contributed by atoms with Crippen LogP contribution in [-0.2, 0) is 0 Å². The average molecular weight is 214 g/mol. The second kappa shape index (κ2) is 5.43. The zero-order valence-corrected chi connectivity index (χ0v) is 9.87. The summed E-state index contributed by atoms with van der Waals surface area (Å²) in [6.45, 7) is 5.60. The van der Waals surface area contributed by atoms with Gasteiger partial charge in [0.25, 0.3) is 0 Å². The lowest BCUT2D eigenvalue weighted by Gasteiger charge is -2.21. The van der Waals surface area contributed by atoms with Gasteiger partial charge in [0.05, 0.1) is 0 Å². The Morgan fingerprint density at radius 1 is 1.40 bits per heavy atom. The van der Waals surface area contributed by atoms with Crippen LogP contribution in [0.3, 0.4) is 0 Å². The smallest absolute Gasteiger partial charge is 0.157 e. The van der Waals surface area contributed by atoms with E-state index in [0.717, 1.165) is 25.7 Å². The number of hydrogen-bond donors (Lipinski definition) is 0. The molecular weight excluding hydrogens is 194 g/mol. The quantitative estimate of drug-likeness (QED) is 0.601. The lowest BCUT2D eigenvalue weighted by atomic mass is 9.86. The number of halogens is 2.